The molecule has 2 fully saturated rings. The Kier molecular flexibility index (Phi) is 5.70. The topological polar surface area (TPSA) is 81.8 Å². The van der Waals surface area contributed by atoms with E-state index >= 15 is 0 Å². The lowest BCUT2D eigenvalue weighted by atomic mass is 10.1. The molecule has 2 saturated heterocycles. The summed E-state index contributed by atoms with van der Waals surface area (Å²) < 4.78 is 5.28. The van der Waals surface area contributed by atoms with Crippen LogP contribution < -0.4 is 0 Å². The predicted octanol–water partition coefficient (Wildman–Crippen LogP) is -0.103. The molecule has 8 nitrogen and oxygen atoms in total. The van der Waals surface area contributed by atoms with Crippen LogP contribution >= 0.6 is 0 Å². The number of nitrogens with zero attached hydrogens (tertiary/aromatic N) is 4. The molecule has 0 spiro atoms. The molecule has 1 N–H and O–H groups in total. The highest BCUT2D eigenvalue weighted by atomic mass is 16.5. The first-order valence-electron chi connectivity index (χ1n) is 9.01. The van der Waals surface area contributed by atoms with Crippen LogP contribution in [-0.2, 0) is 16.0 Å². The Hall–Kier alpha value is -1.93. The van der Waals surface area contributed by atoms with E-state index < -0.39 is 0 Å². The van der Waals surface area contributed by atoms with Crippen LogP contribution in [0.15, 0.2) is 0 Å². The highest BCUT2D eigenvalue weighted by molar-refractivity contribution is 5.94. The third-order valence-corrected chi connectivity index (χ3v) is 5.05. The van der Waals surface area contributed by atoms with Crippen LogP contribution in [-0.4, -0.2) is 95.7 Å². The zero-order valence-corrected chi connectivity index (χ0v) is 15.1. The number of piperazine rings is 1. The Morgan fingerprint density at radius 1 is 1.08 bits per heavy atom. The second-order valence-electron chi connectivity index (χ2n) is 6.59. The minimum absolute atomic E-state index is 0.0207. The molecule has 0 unspecified atom stereocenters. The minimum atomic E-state index is -0.0207. The van der Waals surface area contributed by atoms with Gasteiger partial charge in [0.1, 0.15) is 0 Å². The zero-order chi connectivity index (χ0) is 17.8. The van der Waals surface area contributed by atoms with Gasteiger partial charge in [-0.15, -0.1) is 0 Å². The number of morpholine rings is 1. The Morgan fingerprint density at radius 2 is 1.76 bits per heavy atom. The van der Waals surface area contributed by atoms with Crippen LogP contribution in [0.1, 0.15) is 28.7 Å². The molecular weight excluding hydrogens is 322 g/mol. The first kappa shape index (κ1) is 17.9. The number of carbonyl (C=O) groups is 2. The van der Waals surface area contributed by atoms with E-state index in [1.165, 1.54) is 0 Å². The number of carbonyl (C=O) groups excluding carboxylic acids is 2. The summed E-state index contributed by atoms with van der Waals surface area (Å²) >= 11 is 0. The normalized spacial score (nSPS) is 19.3. The first-order valence-corrected chi connectivity index (χ1v) is 9.01. The van der Waals surface area contributed by atoms with Crippen molar-refractivity contribution in [2.75, 3.05) is 59.0 Å². The van der Waals surface area contributed by atoms with Gasteiger partial charge in [-0.3, -0.25) is 19.6 Å². The maximum Gasteiger partial charge on any atom is 0.274 e. The number of nitrogens with one attached hydrogen (secondary N) is 1. The summed E-state index contributed by atoms with van der Waals surface area (Å²) in [7, 11) is 0. The van der Waals surface area contributed by atoms with Crippen molar-refractivity contribution >= 4 is 11.8 Å². The van der Waals surface area contributed by atoms with Crippen molar-refractivity contribution in [3.63, 3.8) is 0 Å². The fourth-order valence-electron chi connectivity index (χ4n) is 3.35. The summed E-state index contributed by atoms with van der Waals surface area (Å²) in [6.45, 7) is 9.68. The van der Waals surface area contributed by atoms with Crippen molar-refractivity contribution in [2.24, 2.45) is 0 Å². The lowest BCUT2D eigenvalue weighted by Gasteiger charge is -2.35. The standard InChI is InChI=1S/C17H27N5O3/c1-3-14-13(2)16(19-18-14)17(24)22-6-4-20(5-7-22)12-15(23)21-8-10-25-11-9-21/h3-12H2,1-2H3,(H,18,19). The quantitative estimate of drug-likeness (QED) is 0.821. The van der Waals surface area contributed by atoms with E-state index in [2.05, 4.69) is 15.1 Å². The number of aromatic nitrogens is 2. The number of hydrogen-bond donors (Lipinski definition) is 1. The summed E-state index contributed by atoms with van der Waals surface area (Å²) in [4.78, 5) is 30.8. The number of amides is 2. The fraction of sp³-hybridized carbons (Fsp3) is 0.706. The molecule has 0 radical (unpaired) electrons. The van der Waals surface area contributed by atoms with Crippen LogP contribution in [0.2, 0.25) is 0 Å². The molecule has 1 aromatic rings. The van der Waals surface area contributed by atoms with Crippen LogP contribution in [0, 0.1) is 6.92 Å². The summed E-state index contributed by atoms with van der Waals surface area (Å²) in [6, 6.07) is 0. The molecule has 25 heavy (non-hydrogen) atoms. The van der Waals surface area contributed by atoms with Gasteiger partial charge in [0, 0.05) is 50.5 Å². The van der Waals surface area contributed by atoms with E-state index in [0.717, 1.165) is 17.7 Å². The van der Waals surface area contributed by atoms with Crippen LogP contribution in [0.3, 0.4) is 0 Å². The van der Waals surface area contributed by atoms with Crippen molar-refractivity contribution in [3.05, 3.63) is 17.0 Å². The molecule has 0 saturated carbocycles. The third kappa shape index (κ3) is 4.01. The number of hydrogen-bond acceptors (Lipinski definition) is 5. The van der Waals surface area contributed by atoms with E-state index in [9.17, 15) is 9.59 Å². The van der Waals surface area contributed by atoms with Gasteiger partial charge in [0.15, 0.2) is 5.69 Å². The minimum Gasteiger partial charge on any atom is -0.378 e. The van der Waals surface area contributed by atoms with Crippen molar-refractivity contribution in [2.45, 2.75) is 20.3 Å². The molecule has 0 bridgehead atoms. The van der Waals surface area contributed by atoms with Gasteiger partial charge in [0.2, 0.25) is 5.91 Å². The third-order valence-electron chi connectivity index (χ3n) is 5.05. The number of rotatable bonds is 4. The Balaban J connectivity index is 1.50. The van der Waals surface area contributed by atoms with Crippen molar-refractivity contribution in [3.8, 4) is 0 Å². The average molecular weight is 349 g/mol. The molecule has 2 aliphatic heterocycles. The molecule has 138 valence electrons. The van der Waals surface area contributed by atoms with E-state index in [1.807, 2.05) is 23.6 Å². The van der Waals surface area contributed by atoms with Crippen LogP contribution in [0.5, 0.6) is 0 Å². The van der Waals surface area contributed by atoms with E-state index in [1.54, 1.807) is 0 Å². The van der Waals surface area contributed by atoms with Crippen molar-refractivity contribution in [1.82, 2.24) is 24.9 Å². The molecule has 0 aromatic carbocycles. The van der Waals surface area contributed by atoms with Gasteiger partial charge < -0.3 is 14.5 Å². The Labute approximate surface area is 148 Å². The molecule has 0 aliphatic carbocycles. The summed E-state index contributed by atoms with van der Waals surface area (Å²) in [5.74, 6) is 0.131. The molecule has 3 rings (SSSR count). The zero-order valence-electron chi connectivity index (χ0n) is 15.1. The summed E-state index contributed by atoms with van der Waals surface area (Å²) in [5, 5.41) is 7.13. The van der Waals surface area contributed by atoms with Crippen LogP contribution in [0.4, 0.5) is 0 Å². The molecule has 2 amide bonds. The number of aromatic amines is 1. The van der Waals surface area contributed by atoms with Crippen molar-refractivity contribution in [1.29, 1.82) is 0 Å². The summed E-state index contributed by atoms with van der Waals surface area (Å²) in [5.41, 5.74) is 2.48. The molecule has 2 aliphatic rings. The van der Waals surface area contributed by atoms with Gasteiger partial charge >= 0.3 is 0 Å². The number of ether oxygens (including phenoxy) is 1. The lowest BCUT2D eigenvalue weighted by Crippen LogP contribution is -2.52. The van der Waals surface area contributed by atoms with E-state index in [-0.39, 0.29) is 11.8 Å². The molecule has 1 aromatic heterocycles. The molecule has 3 heterocycles. The van der Waals surface area contributed by atoms with Gasteiger partial charge in [-0.1, -0.05) is 6.92 Å². The highest BCUT2D eigenvalue weighted by Gasteiger charge is 2.27. The fourth-order valence-corrected chi connectivity index (χ4v) is 3.35. The second-order valence-corrected chi connectivity index (χ2v) is 6.59. The maximum atomic E-state index is 12.7. The molecule has 8 heteroatoms. The lowest BCUT2D eigenvalue weighted by molar-refractivity contribution is -0.136. The largest absolute Gasteiger partial charge is 0.378 e. The van der Waals surface area contributed by atoms with Crippen molar-refractivity contribution < 1.29 is 14.3 Å². The van der Waals surface area contributed by atoms with E-state index in [0.29, 0.717) is 64.7 Å². The smallest absolute Gasteiger partial charge is 0.274 e. The van der Waals surface area contributed by atoms with Gasteiger partial charge in [-0.2, -0.15) is 5.10 Å². The van der Waals surface area contributed by atoms with Gasteiger partial charge in [0.25, 0.3) is 5.91 Å². The van der Waals surface area contributed by atoms with Gasteiger partial charge in [-0.05, 0) is 13.3 Å². The predicted molar refractivity (Wildman–Crippen MR) is 92.4 cm³/mol. The average Bonchev–Trinajstić information content (AvgIpc) is 3.03. The van der Waals surface area contributed by atoms with Gasteiger partial charge in [0.05, 0.1) is 19.8 Å². The maximum absolute atomic E-state index is 12.7. The Bertz CT molecular complexity index is 616. The monoisotopic (exact) mass is 349 g/mol. The Morgan fingerprint density at radius 3 is 2.36 bits per heavy atom. The van der Waals surface area contributed by atoms with Crippen LogP contribution in [0.25, 0.3) is 0 Å². The van der Waals surface area contributed by atoms with Gasteiger partial charge in [-0.25, -0.2) is 0 Å². The number of H-pyrrole nitrogens is 1. The molecule has 0 atom stereocenters. The summed E-state index contributed by atoms with van der Waals surface area (Å²) in [6.07, 6.45) is 0.837. The SMILES string of the molecule is CCc1[nH]nc(C(=O)N2CCN(CC(=O)N3CCOCC3)CC2)c1C. The van der Waals surface area contributed by atoms with E-state index in [4.69, 9.17) is 4.74 Å². The molecular formula is C17H27N5O3. The highest BCUT2D eigenvalue weighted by Crippen LogP contribution is 2.14. The first-order chi connectivity index (χ1) is 12.1. The number of aryl methyl sites for hydroxylation is 1. The second kappa shape index (κ2) is 7.97.